The van der Waals surface area contributed by atoms with Gasteiger partial charge in [-0.2, -0.15) is 0 Å². The predicted molar refractivity (Wildman–Crippen MR) is 274 cm³/mol. The molecule has 0 aliphatic carbocycles. The summed E-state index contributed by atoms with van der Waals surface area (Å²) in [6.07, 6.45) is 67.2. The van der Waals surface area contributed by atoms with Gasteiger partial charge in [0.25, 0.3) is 0 Å². The molecule has 1 atom stereocenters. The highest BCUT2D eigenvalue weighted by Gasteiger charge is 2.19. The smallest absolute Gasteiger partial charge is 0.306 e. The minimum Gasteiger partial charge on any atom is -0.462 e. The van der Waals surface area contributed by atoms with Crippen molar-refractivity contribution in [1.29, 1.82) is 0 Å². The van der Waals surface area contributed by atoms with E-state index in [4.69, 9.17) is 14.2 Å². The molecule has 0 heterocycles. The summed E-state index contributed by atoms with van der Waals surface area (Å²) < 4.78 is 16.7. The van der Waals surface area contributed by atoms with Gasteiger partial charge in [0.05, 0.1) is 0 Å². The van der Waals surface area contributed by atoms with E-state index in [1.54, 1.807) is 0 Å². The Hall–Kier alpha value is -3.41. The lowest BCUT2D eigenvalue weighted by Gasteiger charge is -2.18. The van der Waals surface area contributed by atoms with Crippen molar-refractivity contribution in [3.63, 3.8) is 0 Å². The van der Waals surface area contributed by atoms with Gasteiger partial charge in [-0.05, 0) is 57.8 Å². The normalized spacial score (nSPS) is 12.7. The van der Waals surface area contributed by atoms with E-state index in [0.717, 1.165) is 83.5 Å². The summed E-state index contributed by atoms with van der Waals surface area (Å²) in [4.78, 5) is 38.0. The second-order valence-electron chi connectivity index (χ2n) is 17.6. The summed E-state index contributed by atoms with van der Waals surface area (Å²) in [7, 11) is 0. The van der Waals surface area contributed by atoms with Gasteiger partial charge in [-0.25, -0.2) is 0 Å². The van der Waals surface area contributed by atoms with E-state index in [-0.39, 0.29) is 37.5 Å². The number of hydrogen-bond acceptors (Lipinski definition) is 6. The van der Waals surface area contributed by atoms with E-state index in [2.05, 4.69) is 45.1 Å². The van der Waals surface area contributed by atoms with Crippen molar-refractivity contribution in [3.05, 3.63) is 85.1 Å². The van der Waals surface area contributed by atoms with Gasteiger partial charge in [0.1, 0.15) is 13.2 Å². The van der Waals surface area contributed by atoms with Gasteiger partial charge < -0.3 is 14.2 Å². The molecule has 0 fully saturated rings. The van der Waals surface area contributed by atoms with Gasteiger partial charge in [-0.15, -0.1) is 0 Å². The maximum atomic E-state index is 12.8. The van der Waals surface area contributed by atoms with Crippen LogP contribution in [-0.2, 0) is 28.6 Å². The molecule has 0 spiro atoms. The number of ether oxygens (including phenoxy) is 3. The van der Waals surface area contributed by atoms with Crippen molar-refractivity contribution < 1.29 is 28.6 Å². The molecule has 0 radical (unpaired) electrons. The minimum atomic E-state index is -0.802. The largest absolute Gasteiger partial charge is 0.462 e. The third kappa shape index (κ3) is 49.6. The molecular weight excluding hydrogens is 793 g/mol. The summed E-state index contributed by atoms with van der Waals surface area (Å²) in [6, 6.07) is 0. The van der Waals surface area contributed by atoms with Crippen LogP contribution in [0.15, 0.2) is 85.1 Å². The molecule has 0 saturated carbocycles. The van der Waals surface area contributed by atoms with Crippen LogP contribution in [0, 0.1) is 0 Å². The molecule has 0 rings (SSSR count). The standard InChI is InChI=1S/C58H98O6/c1-4-7-10-13-16-19-22-24-26-28-29-31-32-34-36-39-42-45-48-51-57(60)63-54-55(53-62-56(59)50-47-44-41-38-21-18-15-12-9-6-3)64-58(61)52-49-46-43-40-37-35-33-30-27-25-23-20-17-14-11-8-5-2/h8,11,14-15,17-18,20,23,25,27,30,33,35,37,55H,4-7,9-10,12-13,16,19,21-22,24,26,28-29,31-32,34,36,38-54H2,1-3H3/b11-8-,17-14-,18-15-,23-20-,27-25-,33-30+,37-35-. The summed E-state index contributed by atoms with van der Waals surface area (Å²) >= 11 is 0. The first-order chi connectivity index (χ1) is 31.5. The Bertz CT molecular complexity index is 1250. The van der Waals surface area contributed by atoms with Crippen LogP contribution in [0.4, 0.5) is 0 Å². The number of hydrogen-bond donors (Lipinski definition) is 0. The fraction of sp³-hybridized carbons (Fsp3) is 0.707. The second-order valence-corrected chi connectivity index (χ2v) is 17.6. The Balaban J connectivity index is 4.40. The van der Waals surface area contributed by atoms with Crippen LogP contribution in [0.1, 0.15) is 245 Å². The van der Waals surface area contributed by atoms with E-state index in [1.165, 1.54) is 116 Å². The number of esters is 3. The van der Waals surface area contributed by atoms with Crippen LogP contribution >= 0.6 is 0 Å². The minimum absolute atomic E-state index is 0.0970. The Morgan fingerprint density at radius 1 is 0.328 bits per heavy atom. The van der Waals surface area contributed by atoms with Crippen molar-refractivity contribution in [2.24, 2.45) is 0 Å². The topological polar surface area (TPSA) is 78.9 Å². The molecule has 6 heteroatoms. The molecule has 64 heavy (non-hydrogen) atoms. The van der Waals surface area contributed by atoms with E-state index in [1.807, 2.05) is 60.8 Å². The molecule has 0 aliphatic rings. The summed E-state index contributed by atoms with van der Waals surface area (Å²) in [5.74, 6) is -0.953. The lowest BCUT2D eigenvalue weighted by Crippen LogP contribution is -2.30. The molecule has 0 saturated heterocycles. The van der Waals surface area contributed by atoms with Gasteiger partial charge in [0.2, 0.25) is 0 Å². The van der Waals surface area contributed by atoms with Crippen molar-refractivity contribution in [2.45, 2.75) is 252 Å². The third-order valence-electron chi connectivity index (χ3n) is 11.3. The summed E-state index contributed by atoms with van der Waals surface area (Å²) in [5, 5.41) is 0. The summed E-state index contributed by atoms with van der Waals surface area (Å²) in [5.41, 5.74) is 0. The lowest BCUT2D eigenvalue weighted by atomic mass is 10.0. The Labute approximate surface area is 395 Å². The summed E-state index contributed by atoms with van der Waals surface area (Å²) in [6.45, 7) is 6.41. The highest BCUT2D eigenvalue weighted by molar-refractivity contribution is 5.71. The van der Waals surface area contributed by atoms with Crippen molar-refractivity contribution >= 4 is 17.9 Å². The first-order valence-electron chi connectivity index (χ1n) is 26.7. The Morgan fingerprint density at radius 3 is 1.06 bits per heavy atom. The Morgan fingerprint density at radius 2 is 0.641 bits per heavy atom. The average Bonchev–Trinajstić information content (AvgIpc) is 3.29. The van der Waals surface area contributed by atoms with Crippen molar-refractivity contribution in [1.82, 2.24) is 0 Å². The molecule has 0 aromatic rings. The fourth-order valence-electron chi connectivity index (χ4n) is 7.28. The van der Waals surface area contributed by atoms with Gasteiger partial charge in [-0.1, -0.05) is 254 Å². The molecule has 0 aliphatic heterocycles. The van der Waals surface area contributed by atoms with Gasteiger partial charge in [-0.3, -0.25) is 14.4 Å². The van der Waals surface area contributed by atoms with Crippen molar-refractivity contribution in [3.8, 4) is 0 Å². The van der Waals surface area contributed by atoms with Crippen LogP contribution in [0.25, 0.3) is 0 Å². The van der Waals surface area contributed by atoms with E-state index < -0.39 is 6.10 Å². The van der Waals surface area contributed by atoms with E-state index in [9.17, 15) is 14.4 Å². The highest BCUT2D eigenvalue weighted by atomic mass is 16.6. The molecule has 0 bridgehead atoms. The lowest BCUT2D eigenvalue weighted by molar-refractivity contribution is -0.167. The van der Waals surface area contributed by atoms with Crippen LogP contribution in [0.5, 0.6) is 0 Å². The van der Waals surface area contributed by atoms with Crippen LogP contribution < -0.4 is 0 Å². The average molecular weight is 891 g/mol. The number of carbonyl (C=O) groups excluding carboxylic acids is 3. The van der Waals surface area contributed by atoms with E-state index >= 15 is 0 Å². The molecule has 1 unspecified atom stereocenters. The maximum Gasteiger partial charge on any atom is 0.306 e. The quantitative estimate of drug-likeness (QED) is 0.0199. The van der Waals surface area contributed by atoms with Crippen molar-refractivity contribution in [2.75, 3.05) is 13.2 Å². The fourth-order valence-corrected chi connectivity index (χ4v) is 7.28. The SMILES string of the molecule is CC\C=C/C=C\C=C/C=C\C=C\C=C/CCCCCC(=O)OC(COC(=O)CCCCCC/C=C\CCCC)COC(=O)CCCCCCCCCCCCCCCCCCCCC. The van der Waals surface area contributed by atoms with Gasteiger partial charge >= 0.3 is 17.9 Å². The third-order valence-corrected chi connectivity index (χ3v) is 11.3. The number of carbonyl (C=O) groups is 3. The van der Waals surface area contributed by atoms with Crippen LogP contribution in [-0.4, -0.2) is 37.2 Å². The molecule has 0 amide bonds. The monoisotopic (exact) mass is 891 g/mol. The van der Waals surface area contributed by atoms with Crippen LogP contribution in [0.2, 0.25) is 0 Å². The van der Waals surface area contributed by atoms with Gasteiger partial charge in [0.15, 0.2) is 6.10 Å². The maximum absolute atomic E-state index is 12.8. The van der Waals surface area contributed by atoms with Crippen LogP contribution in [0.3, 0.4) is 0 Å². The highest BCUT2D eigenvalue weighted by Crippen LogP contribution is 2.16. The zero-order valence-electron chi connectivity index (χ0n) is 41.8. The Kier molecular flexibility index (Phi) is 49.4. The first kappa shape index (κ1) is 60.6. The molecule has 0 aromatic carbocycles. The first-order valence-corrected chi connectivity index (χ1v) is 26.7. The number of unbranched alkanes of at least 4 members (excludes halogenated alkanes) is 27. The zero-order chi connectivity index (χ0) is 46.5. The molecule has 366 valence electrons. The second kappa shape index (κ2) is 52.2. The zero-order valence-corrected chi connectivity index (χ0v) is 41.8. The molecule has 6 nitrogen and oxygen atoms in total. The number of rotatable bonds is 47. The predicted octanol–water partition coefficient (Wildman–Crippen LogP) is 17.6. The number of allylic oxidation sites excluding steroid dienone is 14. The molecule has 0 aromatic heterocycles. The van der Waals surface area contributed by atoms with E-state index in [0.29, 0.717) is 19.3 Å². The molecular formula is C58H98O6. The molecule has 0 N–H and O–H groups in total. The van der Waals surface area contributed by atoms with Gasteiger partial charge in [0, 0.05) is 19.3 Å².